The topological polar surface area (TPSA) is 53.4 Å². The minimum Gasteiger partial charge on any atom is -0.486 e. The van der Waals surface area contributed by atoms with Gasteiger partial charge in [-0.2, -0.15) is 0 Å². The average molecular weight is 272 g/mol. The van der Waals surface area contributed by atoms with Crippen LogP contribution in [-0.2, 0) is 6.54 Å². The van der Waals surface area contributed by atoms with Crippen molar-refractivity contribution in [3.05, 3.63) is 42.0 Å². The lowest BCUT2D eigenvalue weighted by Crippen LogP contribution is -2.16. The van der Waals surface area contributed by atoms with Crippen molar-refractivity contribution < 1.29 is 14.3 Å². The Morgan fingerprint density at radius 1 is 1.30 bits per heavy atom. The van der Waals surface area contributed by atoms with E-state index < -0.39 is 0 Å². The van der Waals surface area contributed by atoms with Crippen LogP contribution >= 0.6 is 0 Å². The summed E-state index contributed by atoms with van der Waals surface area (Å²) in [6, 6.07) is 5.25. The van der Waals surface area contributed by atoms with Crippen LogP contribution in [0.2, 0.25) is 0 Å². The zero-order chi connectivity index (χ0) is 13.9. The van der Waals surface area contributed by atoms with Gasteiger partial charge >= 0.3 is 0 Å². The van der Waals surface area contributed by atoms with Crippen molar-refractivity contribution in [2.75, 3.05) is 13.2 Å². The zero-order valence-corrected chi connectivity index (χ0v) is 11.3. The van der Waals surface area contributed by atoms with Crippen LogP contribution in [0.1, 0.15) is 29.5 Å². The Morgan fingerprint density at radius 3 is 2.90 bits per heavy atom. The average Bonchev–Trinajstić information content (AvgIpc) is 2.94. The van der Waals surface area contributed by atoms with Gasteiger partial charge < -0.3 is 14.0 Å². The molecule has 0 amide bonds. The number of hydrogen-bond donors (Lipinski definition) is 0. The van der Waals surface area contributed by atoms with Crippen molar-refractivity contribution in [2.24, 2.45) is 0 Å². The van der Waals surface area contributed by atoms with Crippen molar-refractivity contribution in [1.29, 1.82) is 0 Å². The molecule has 0 saturated heterocycles. The summed E-state index contributed by atoms with van der Waals surface area (Å²) < 4.78 is 12.8. The van der Waals surface area contributed by atoms with Gasteiger partial charge in [0, 0.05) is 24.5 Å². The molecule has 1 aliphatic heterocycles. The highest BCUT2D eigenvalue weighted by Crippen LogP contribution is 2.31. The number of ketones is 1. The highest BCUT2D eigenvalue weighted by atomic mass is 16.6. The molecule has 104 valence electrons. The van der Waals surface area contributed by atoms with Crippen LogP contribution in [0.15, 0.2) is 30.6 Å². The molecule has 0 bridgehead atoms. The number of rotatable bonds is 4. The van der Waals surface area contributed by atoms with E-state index in [1.54, 1.807) is 24.4 Å². The Hall–Kier alpha value is -2.30. The van der Waals surface area contributed by atoms with Crippen molar-refractivity contribution in [2.45, 2.75) is 19.9 Å². The van der Waals surface area contributed by atoms with E-state index in [1.807, 2.05) is 10.8 Å². The molecule has 5 nitrogen and oxygen atoms in total. The van der Waals surface area contributed by atoms with E-state index in [0.29, 0.717) is 36.1 Å². The van der Waals surface area contributed by atoms with Crippen molar-refractivity contribution >= 4 is 5.78 Å². The molecule has 0 spiro atoms. The number of ether oxygens (including phenoxy) is 2. The van der Waals surface area contributed by atoms with Gasteiger partial charge in [0.1, 0.15) is 13.2 Å². The third-order valence-corrected chi connectivity index (χ3v) is 3.19. The lowest BCUT2D eigenvalue weighted by molar-refractivity contribution is 0.102. The third-order valence-electron chi connectivity index (χ3n) is 3.19. The summed E-state index contributed by atoms with van der Waals surface area (Å²) in [6.07, 6.45) is 4.44. The lowest BCUT2D eigenvalue weighted by Gasteiger charge is -2.18. The van der Waals surface area contributed by atoms with Gasteiger partial charge in [-0.1, -0.05) is 6.92 Å². The van der Waals surface area contributed by atoms with E-state index in [4.69, 9.17) is 9.47 Å². The number of benzene rings is 1. The van der Waals surface area contributed by atoms with E-state index >= 15 is 0 Å². The van der Waals surface area contributed by atoms with Gasteiger partial charge in [0.25, 0.3) is 0 Å². The Balaban J connectivity index is 1.92. The van der Waals surface area contributed by atoms with Gasteiger partial charge in [-0.05, 0) is 24.6 Å². The molecular weight excluding hydrogens is 256 g/mol. The molecule has 0 aliphatic carbocycles. The lowest BCUT2D eigenvalue weighted by atomic mass is 10.1. The quantitative estimate of drug-likeness (QED) is 0.801. The molecule has 0 fully saturated rings. The first kappa shape index (κ1) is 12.7. The Kier molecular flexibility index (Phi) is 3.41. The number of nitrogens with zero attached hydrogens (tertiary/aromatic N) is 2. The molecule has 2 aromatic rings. The Morgan fingerprint density at radius 2 is 2.10 bits per heavy atom. The van der Waals surface area contributed by atoms with Crippen LogP contribution in [0.25, 0.3) is 0 Å². The molecule has 0 radical (unpaired) electrons. The molecule has 1 aromatic carbocycles. The van der Waals surface area contributed by atoms with Crippen LogP contribution < -0.4 is 9.47 Å². The van der Waals surface area contributed by atoms with Gasteiger partial charge in [0.2, 0.25) is 5.78 Å². The molecule has 0 N–H and O–H groups in total. The molecular formula is C15H16N2O3. The maximum absolute atomic E-state index is 12.5. The number of imidazole rings is 1. The molecule has 5 heteroatoms. The fourth-order valence-electron chi connectivity index (χ4n) is 2.25. The highest BCUT2D eigenvalue weighted by molar-refractivity contribution is 6.07. The molecule has 0 atom stereocenters. The summed E-state index contributed by atoms with van der Waals surface area (Å²) in [4.78, 5) is 16.7. The number of aryl methyl sites for hydroxylation is 1. The predicted molar refractivity (Wildman–Crippen MR) is 73.4 cm³/mol. The molecule has 1 aromatic heterocycles. The molecule has 0 unspecified atom stereocenters. The van der Waals surface area contributed by atoms with E-state index in [9.17, 15) is 4.79 Å². The Bertz CT molecular complexity index is 634. The van der Waals surface area contributed by atoms with Crippen LogP contribution in [0.3, 0.4) is 0 Å². The minimum atomic E-state index is -0.0968. The largest absolute Gasteiger partial charge is 0.486 e. The van der Waals surface area contributed by atoms with Gasteiger partial charge in [-0.3, -0.25) is 4.79 Å². The predicted octanol–water partition coefficient (Wildman–Crippen LogP) is 2.30. The molecule has 20 heavy (non-hydrogen) atoms. The SMILES string of the molecule is CCCn1ccnc1C(=O)c1ccc2c(c1)OCCO2. The van der Waals surface area contributed by atoms with E-state index in [1.165, 1.54) is 0 Å². The number of aromatic nitrogens is 2. The van der Waals surface area contributed by atoms with Gasteiger partial charge in [0.05, 0.1) is 0 Å². The summed E-state index contributed by atoms with van der Waals surface area (Å²) >= 11 is 0. The second-order valence-corrected chi connectivity index (χ2v) is 4.63. The first-order chi connectivity index (χ1) is 9.79. The smallest absolute Gasteiger partial charge is 0.228 e. The minimum absolute atomic E-state index is 0.0968. The van der Waals surface area contributed by atoms with Crippen molar-refractivity contribution in [3.8, 4) is 11.5 Å². The van der Waals surface area contributed by atoms with Crippen LogP contribution in [0, 0.1) is 0 Å². The summed E-state index contributed by atoms with van der Waals surface area (Å²) in [6.45, 7) is 3.90. The summed E-state index contributed by atoms with van der Waals surface area (Å²) in [5.74, 6) is 1.67. The first-order valence-electron chi connectivity index (χ1n) is 6.75. The van der Waals surface area contributed by atoms with Gasteiger partial charge in [-0.25, -0.2) is 4.98 Å². The third kappa shape index (κ3) is 2.27. The van der Waals surface area contributed by atoms with E-state index in [-0.39, 0.29) is 5.78 Å². The van der Waals surface area contributed by atoms with Crippen molar-refractivity contribution in [3.63, 3.8) is 0 Å². The Labute approximate surface area is 117 Å². The van der Waals surface area contributed by atoms with Crippen molar-refractivity contribution in [1.82, 2.24) is 9.55 Å². The first-order valence-corrected chi connectivity index (χ1v) is 6.75. The molecule has 1 aliphatic rings. The second-order valence-electron chi connectivity index (χ2n) is 4.63. The fraction of sp³-hybridized carbons (Fsp3) is 0.333. The maximum Gasteiger partial charge on any atom is 0.228 e. The number of carbonyl (C=O) groups is 1. The number of carbonyl (C=O) groups excluding carboxylic acids is 1. The van der Waals surface area contributed by atoms with Gasteiger partial charge in [-0.15, -0.1) is 0 Å². The second kappa shape index (κ2) is 5.36. The normalized spacial score (nSPS) is 13.2. The number of hydrogen-bond acceptors (Lipinski definition) is 4. The monoisotopic (exact) mass is 272 g/mol. The van der Waals surface area contributed by atoms with E-state index in [0.717, 1.165) is 13.0 Å². The summed E-state index contributed by atoms with van der Waals surface area (Å²) in [5, 5.41) is 0. The number of fused-ring (bicyclic) bond motifs is 1. The molecule has 3 rings (SSSR count). The van der Waals surface area contributed by atoms with Gasteiger partial charge in [0.15, 0.2) is 17.3 Å². The van der Waals surface area contributed by atoms with Crippen LogP contribution in [0.5, 0.6) is 11.5 Å². The summed E-state index contributed by atoms with van der Waals surface area (Å²) in [7, 11) is 0. The van der Waals surface area contributed by atoms with Crippen LogP contribution in [-0.4, -0.2) is 28.5 Å². The maximum atomic E-state index is 12.5. The standard InChI is InChI=1S/C15H16N2O3/c1-2-6-17-7-5-16-15(17)14(18)11-3-4-12-13(10-11)20-9-8-19-12/h3-5,7,10H,2,6,8-9H2,1H3. The van der Waals surface area contributed by atoms with Crippen LogP contribution in [0.4, 0.5) is 0 Å². The highest BCUT2D eigenvalue weighted by Gasteiger charge is 2.19. The zero-order valence-electron chi connectivity index (χ0n) is 11.3. The summed E-state index contributed by atoms with van der Waals surface area (Å²) in [5.41, 5.74) is 0.567. The van der Waals surface area contributed by atoms with E-state index in [2.05, 4.69) is 11.9 Å². The molecule has 0 saturated carbocycles. The molecule has 2 heterocycles. The fourth-order valence-corrected chi connectivity index (χ4v) is 2.25.